The van der Waals surface area contributed by atoms with Crippen molar-refractivity contribution in [2.24, 2.45) is 0 Å². The van der Waals surface area contributed by atoms with E-state index in [0.29, 0.717) is 18.8 Å². The second-order valence-electron chi connectivity index (χ2n) is 8.77. The summed E-state index contributed by atoms with van der Waals surface area (Å²) >= 11 is 0. The molecule has 0 spiro atoms. The molecule has 3 aromatic rings. The van der Waals surface area contributed by atoms with Gasteiger partial charge in [-0.2, -0.15) is 0 Å². The standard InChI is InChI=1S/C29H35N3O5S/c1-5-25(29(34)30-4)31(20-23-18-16-22(3)17-19-23)28(33)21-32(26-14-10-11-15-27(26)37-6-2)38(35,36)24-12-8-7-9-13-24/h7-19,25H,5-6,20-21H2,1-4H3,(H,30,34). The van der Waals surface area contributed by atoms with Crippen molar-refractivity contribution < 1.29 is 22.7 Å². The molecule has 1 N–H and O–H groups in total. The van der Waals surface area contributed by atoms with Crippen LogP contribution in [0.5, 0.6) is 5.75 Å². The van der Waals surface area contributed by atoms with Crippen molar-refractivity contribution in [2.45, 2.75) is 44.7 Å². The molecule has 202 valence electrons. The van der Waals surface area contributed by atoms with Crippen LogP contribution >= 0.6 is 0 Å². The molecular formula is C29H35N3O5S. The zero-order chi connectivity index (χ0) is 27.7. The third-order valence-electron chi connectivity index (χ3n) is 6.15. The van der Waals surface area contributed by atoms with Gasteiger partial charge in [0, 0.05) is 13.6 Å². The number of hydrogen-bond donors (Lipinski definition) is 1. The minimum Gasteiger partial charge on any atom is -0.492 e. The Bertz CT molecular complexity index is 1330. The fourth-order valence-corrected chi connectivity index (χ4v) is 5.60. The summed E-state index contributed by atoms with van der Waals surface area (Å²) in [6, 6.07) is 21.5. The van der Waals surface area contributed by atoms with E-state index in [1.165, 1.54) is 24.1 Å². The molecule has 1 unspecified atom stereocenters. The molecule has 0 bridgehead atoms. The summed E-state index contributed by atoms with van der Waals surface area (Å²) in [6.45, 7) is 5.54. The second kappa shape index (κ2) is 13.1. The van der Waals surface area contributed by atoms with E-state index in [1.54, 1.807) is 49.4 Å². The Morgan fingerprint density at radius 2 is 1.55 bits per heavy atom. The van der Waals surface area contributed by atoms with Crippen LogP contribution in [0.15, 0.2) is 83.8 Å². The maximum Gasteiger partial charge on any atom is 0.264 e. The van der Waals surface area contributed by atoms with Gasteiger partial charge in [0.15, 0.2) is 0 Å². The molecule has 0 aliphatic heterocycles. The molecule has 0 heterocycles. The zero-order valence-corrected chi connectivity index (χ0v) is 23.1. The number of ether oxygens (including phenoxy) is 1. The molecule has 0 fully saturated rings. The normalized spacial score (nSPS) is 11.9. The largest absolute Gasteiger partial charge is 0.492 e. The van der Waals surface area contributed by atoms with Crippen molar-refractivity contribution in [1.82, 2.24) is 10.2 Å². The number of rotatable bonds is 12. The van der Waals surface area contributed by atoms with Gasteiger partial charge < -0.3 is 15.0 Å². The van der Waals surface area contributed by atoms with Gasteiger partial charge in [-0.3, -0.25) is 13.9 Å². The topological polar surface area (TPSA) is 96.0 Å². The van der Waals surface area contributed by atoms with E-state index < -0.39 is 28.5 Å². The second-order valence-corrected chi connectivity index (χ2v) is 10.6. The summed E-state index contributed by atoms with van der Waals surface area (Å²) in [7, 11) is -2.64. The molecule has 0 radical (unpaired) electrons. The van der Waals surface area contributed by atoms with Gasteiger partial charge in [0.2, 0.25) is 11.8 Å². The molecule has 0 aliphatic rings. The number of nitrogens with zero attached hydrogens (tertiary/aromatic N) is 2. The lowest BCUT2D eigenvalue weighted by Crippen LogP contribution is -2.51. The molecule has 38 heavy (non-hydrogen) atoms. The number of carbonyl (C=O) groups excluding carboxylic acids is 2. The number of aryl methyl sites for hydroxylation is 1. The molecule has 0 saturated carbocycles. The van der Waals surface area contributed by atoms with E-state index in [4.69, 9.17) is 4.74 Å². The van der Waals surface area contributed by atoms with Gasteiger partial charge in [-0.1, -0.05) is 67.1 Å². The van der Waals surface area contributed by atoms with E-state index in [1.807, 2.05) is 38.1 Å². The number of para-hydroxylation sites is 2. The predicted octanol–water partition coefficient (Wildman–Crippen LogP) is 4.14. The molecule has 0 aliphatic carbocycles. The van der Waals surface area contributed by atoms with Crippen LogP contribution < -0.4 is 14.4 Å². The first-order valence-electron chi connectivity index (χ1n) is 12.6. The van der Waals surface area contributed by atoms with Gasteiger partial charge in [0.1, 0.15) is 18.3 Å². The molecule has 0 saturated heterocycles. The van der Waals surface area contributed by atoms with E-state index >= 15 is 0 Å². The van der Waals surface area contributed by atoms with Crippen LogP contribution in [0.1, 0.15) is 31.4 Å². The highest BCUT2D eigenvalue weighted by atomic mass is 32.2. The lowest BCUT2D eigenvalue weighted by molar-refractivity contribution is -0.140. The van der Waals surface area contributed by atoms with E-state index in [0.717, 1.165) is 15.4 Å². The van der Waals surface area contributed by atoms with Crippen LogP contribution in [0.25, 0.3) is 0 Å². The van der Waals surface area contributed by atoms with Crippen LogP contribution in [0.2, 0.25) is 0 Å². The Morgan fingerprint density at radius 1 is 0.921 bits per heavy atom. The van der Waals surface area contributed by atoms with Gasteiger partial charge in [-0.15, -0.1) is 0 Å². The highest BCUT2D eigenvalue weighted by Gasteiger charge is 2.34. The zero-order valence-electron chi connectivity index (χ0n) is 22.3. The smallest absolute Gasteiger partial charge is 0.264 e. The summed E-state index contributed by atoms with van der Waals surface area (Å²) < 4.78 is 34.6. The molecule has 8 nitrogen and oxygen atoms in total. The Labute approximate surface area is 225 Å². The number of carbonyl (C=O) groups is 2. The lowest BCUT2D eigenvalue weighted by Gasteiger charge is -2.33. The predicted molar refractivity (Wildman–Crippen MR) is 148 cm³/mol. The fraction of sp³-hybridized carbons (Fsp3) is 0.310. The monoisotopic (exact) mass is 537 g/mol. The highest BCUT2D eigenvalue weighted by molar-refractivity contribution is 7.92. The molecular weight excluding hydrogens is 502 g/mol. The van der Waals surface area contributed by atoms with E-state index in [-0.39, 0.29) is 23.0 Å². The minimum atomic E-state index is -4.15. The van der Waals surface area contributed by atoms with Crippen LogP contribution in [-0.2, 0) is 26.2 Å². The van der Waals surface area contributed by atoms with E-state index in [9.17, 15) is 18.0 Å². The number of likely N-dealkylation sites (N-methyl/N-ethyl adjacent to an activating group) is 1. The number of benzene rings is 3. The Balaban J connectivity index is 2.09. The van der Waals surface area contributed by atoms with Crippen LogP contribution in [0, 0.1) is 6.92 Å². The summed E-state index contributed by atoms with van der Waals surface area (Å²) in [4.78, 5) is 28.2. The SMILES string of the molecule is CCOc1ccccc1N(CC(=O)N(Cc1ccc(C)cc1)C(CC)C(=O)NC)S(=O)(=O)c1ccccc1. The number of hydrogen-bond acceptors (Lipinski definition) is 5. The van der Waals surface area contributed by atoms with E-state index in [2.05, 4.69) is 5.32 Å². The summed E-state index contributed by atoms with van der Waals surface area (Å²) in [6.07, 6.45) is 0.359. The Morgan fingerprint density at radius 3 is 2.16 bits per heavy atom. The molecule has 3 aromatic carbocycles. The average molecular weight is 538 g/mol. The Kier molecular flexibility index (Phi) is 9.90. The number of nitrogens with one attached hydrogen (secondary N) is 1. The summed E-state index contributed by atoms with van der Waals surface area (Å²) in [5.41, 5.74) is 2.14. The Hall–Kier alpha value is -3.85. The van der Waals surface area contributed by atoms with Crippen molar-refractivity contribution in [3.8, 4) is 5.75 Å². The van der Waals surface area contributed by atoms with Crippen molar-refractivity contribution in [3.63, 3.8) is 0 Å². The first-order valence-corrected chi connectivity index (χ1v) is 14.0. The first kappa shape index (κ1) is 28.7. The fourth-order valence-electron chi connectivity index (χ4n) is 4.15. The average Bonchev–Trinajstić information content (AvgIpc) is 2.93. The van der Waals surface area contributed by atoms with Crippen molar-refractivity contribution in [3.05, 3.63) is 90.0 Å². The molecule has 9 heteroatoms. The molecule has 0 aromatic heterocycles. The quantitative estimate of drug-likeness (QED) is 0.375. The summed E-state index contributed by atoms with van der Waals surface area (Å²) in [5, 5.41) is 2.63. The van der Waals surface area contributed by atoms with Gasteiger partial charge in [0.05, 0.1) is 17.2 Å². The number of anilines is 1. The van der Waals surface area contributed by atoms with Gasteiger partial charge in [0.25, 0.3) is 10.0 Å². The third kappa shape index (κ3) is 6.72. The summed E-state index contributed by atoms with van der Waals surface area (Å²) in [5.74, 6) is -0.488. The number of sulfonamides is 1. The van der Waals surface area contributed by atoms with Gasteiger partial charge in [-0.05, 0) is 50.1 Å². The van der Waals surface area contributed by atoms with Crippen LogP contribution in [0.4, 0.5) is 5.69 Å². The molecule has 1 atom stereocenters. The third-order valence-corrected chi connectivity index (χ3v) is 7.92. The highest BCUT2D eigenvalue weighted by Crippen LogP contribution is 2.33. The van der Waals surface area contributed by atoms with Crippen molar-refractivity contribution in [2.75, 3.05) is 24.5 Å². The van der Waals surface area contributed by atoms with Gasteiger partial charge >= 0.3 is 0 Å². The van der Waals surface area contributed by atoms with Crippen molar-refractivity contribution >= 4 is 27.5 Å². The first-order chi connectivity index (χ1) is 18.2. The lowest BCUT2D eigenvalue weighted by atomic mass is 10.1. The molecule has 3 rings (SSSR count). The van der Waals surface area contributed by atoms with Crippen molar-refractivity contribution in [1.29, 1.82) is 0 Å². The van der Waals surface area contributed by atoms with Crippen LogP contribution in [0.3, 0.4) is 0 Å². The van der Waals surface area contributed by atoms with Crippen LogP contribution in [-0.4, -0.2) is 51.4 Å². The molecule has 2 amide bonds. The maximum absolute atomic E-state index is 14.0. The maximum atomic E-state index is 14.0. The minimum absolute atomic E-state index is 0.0440. The van der Waals surface area contributed by atoms with Gasteiger partial charge in [-0.25, -0.2) is 8.42 Å². The number of amides is 2.